The van der Waals surface area contributed by atoms with Gasteiger partial charge < -0.3 is 5.11 Å². The van der Waals surface area contributed by atoms with E-state index in [4.69, 9.17) is 5.11 Å². The van der Waals surface area contributed by atoms with Crippen LogP contribution in [0.2, 0.25) is 0 Å². The zero-order valence-corrected chi connectivity index (χ0v) is 12.4. The first-order valence-corrected chi connectivity index (χ1v) is 7.78. The number of aliphatic hydroxyl groups excluding tert-OH is 1. The molecule has 2 rings (SSSR count). The number of hydrogen-bond donors (Lipinski definition) is 2. The fourth-order valence-corrected chi connectivity index (χ4v) is 2.80. The molecular formula is C13H16FN3O3S. The summed E-state index contributed by atoms with van der Waals surface area (Å²) in [6.45, 7) is 3.26. The van der Waals surface area contributed by atoms with Crippen molar-refractivity contribution in [3.05, 3.63) is 42.0 Å². The van der Waals surface area contributed by atoms with Crippen molar-refractivity contribution >= 4 is 15.7 Å². The standard InChI is InChI=1S/C13H16FN3O3S/c1-9(2)17-7-11(6-15-17)16-21(19,20)12-3-4-13(14)10(5-12)8-18/h3-7,9,16,18H,8H2,1-2H3. The first-order valence-electron chi connectivity index (χ1n) is 6.30. The molecule has 2 N–H and O–H groups in total. The quantitative estimate of drug-likeness (QED) is 0.883. The maximum Gasteiger partial charge on any atom is 0.262 e. The molecular weight excluding hydrogens is 297 g/mol. The van der Waals surface area contributed by atoms with Crippen molar-refractivity contribution in [3.8, 4) is 0 Å². The zero-order chi connectivity index (χ0) is 15.6. The van der Waals surface area contributed by atoms with E-state index in [-0.39, 0.29) is 16.5 Å². The van der Waals surface area contributed by atoms with Crippen LogP contribution in [-0.4, -0.2) is 23.3 Å². The summed E-state index contributed by atoms with van der Waals surface area (Å²) in [7, 11) is -3.86. The van der Waals surface area contributed by atoms with Gasteiger partial charge >= 0.3 is 0 Å². The molecule has 0 aliphatic rings. The smallest absolute Gasteiger partial charge is 0.262 e. The van der Waals surface area contributed by atoms with Gasteiger partial charge in [0.1, 0.15) is 5.82 Å². The van der Waals surface area contributed by atoms with Gasteiger partial charge in [-0.2, -0.15) is 5.10 Å². The van der Waals surface area contributed by atoms with Crippen molar-refractivity contribution in [3.63, 3.8) is 0 Å². The van der Waals surface area contributed by atoms with Gasteiger partial charge in [0, 0.05) is 17.8 Å². The van der Waals surface area contributed by atoms with Gasteiger partial charge in [-0.15, -0.1) is 0 Å². The second kappa shape index (κ2) is 5.82. The molecule has 2 aromatic rings. The van der Waals surface area contributed by atoms with E-state index in [1.807, 2.05) is 13.8 Å². The third-order valence-corrected chi connectivity index (χ3v) is 4.26. The van der Waals surface area contributed by atoms with Crippen molar-refractivity contribution in [1.82, 2.24) is 9.78 Å². The first-order chi connectivity index (χ1) is 9.83. The van der Waals surface area contributed by atoms with E-state index in [0.717, 1.165) is 18.2 Å². The monoisotopic (exact) mass is 313 g/mol. The predicted molar refractivity (Wildman–Crippen MR) is 75.7 cm³/mol. The van der Waals surface area contributed by atoms with Crippen molar-refractivity contribution in [2.75, 3.05) is 4.72 Å². The highest BCUT2D eigenvalue weighted by Crippen LogP contribution is 2.19. The Balaban J connectivity index is 2.29. The molecule has 0 aliphatic heterocycles. The fraction of sp³-hybridized carbons (Fsp3) is 0.308. The lowest BCUT2D eigenvalue weighted by molar-refractivity contribution is 0.275. The summed E-state index contributed by atoms with van der Waals surface area (Å²) in [6.07, 6.45) is 2.97. The van der Waals surface area contributed by atoms with E-state index in [2.05, 4.69) is 9.82 Å². The van der Waals surface area contributed by atoms with Crippen LogP contribution in [0.1, 0.15) is 25.5 Å². The van der Waals surface area contributed by atoms with E-state index < -0.39 is 22.4 Å². The average Bonchev–Trinajstić information content (AvgIpc) is 2.87. The Morgan fingerprint density at radius 1 is 1.43 bits per heavy atom. The van der Waals surface area contributed by atoms with E-state index in [9.17, 15) is 12.8 Å². The number of sulfonamides is 1. The molecule has 0 radical (unpaired) electrons. The maximum absolute atomic E-state index is 13.3. The molecule has 114 valence electrons. The minimum Gasteiger partial charge on any atom is -0.392 e. The highest BCUT2D eigenvalue weighted by Gasteiger charge is 2.17. The normalized spacial score (nSPS) is 11.9. The van der Waals surface area contributed by atoms with Gasteiger partial charge in [-0.1, -0.05) is 0 Å². The Labute approximate surface area is 122 Å². The number of aromatic nitrogens is 2. The Kier molecular flexibility index (Phi) is 4.29. The number of halogens is 1. The topological polar surface area (TPSA) is 84.2 Å². The number of aliphatic hydroxyl groups is 1. The molecule has 6 nitrogen and oxygen atoms in total. The summed E-state index contributed by atoms with van der Waals surface area (Å²) in [5, 5.41) is 13.0. The largest absolute Gasteiger partial charge is 0.392 e. The van der Waals surface area contributed by atoms with Crippen LogP contribution in [-0.2, 0) is 16.6 Å². The van der Waals surface area contributed by atoms with Crippen LogP contribution in [0.4, 0.5) is 10.1 Å². The minimum absolute atomic E-state index is 0.0734. The van der Waals surface area contributed by atoms with Gasteiger partial charge in [-0.05, 0) is 32.0 Å². The van der Waals surface area contributed by atoms with Crippen molar-refractivity contribution in [2.24, 2.45) is 0 Å². The van der Waals surface area contributed by atoms with Gasteiger partial charge in [-0.3, -0.25) is 9.40 Å². The molecule has 0 saturated heterocycles. The van der Waals surface area contributed by atoms with Crippen LogP contribution >= 0.6 is 0 Å². The number of benzene rings is 1. The summed E-state index contributed by atoms with van der Waals surface area (Å²) in [5.41, 5.74) is 0.245. The minimum atomic E-state index is -3.86. The fourth-order valence-electron chi connectivity index (χ4n) is 1.73. The summed E-state index contributed by atoms with van der Waals surface area (Å²) in [5.74, 6) is -0.649. The molecule has 0 saturated carbocycles. The molecule has 0 atom stereocenters. The highest BCUT2D eigenvalue weighted by molar-refractivity contribution is 7.92. The van der Waals surface area contributed by atoms with Crippen LogP contribution in [0, 0.1) is 5.82 Å². The summed E-state index contributed by atoms with van der Waals surface area (Å²) < 4.78 is 41.7. The molecule has 0 amide bonds. The lowest BCUT2D eigenvalue weighted by Crippen LogP contribution is -2.13. The predicted octanol–water partition coefficient (Wildman–Crippen LogP) is 1.90. The zero-order valence-electron chi connectivity index (χ0n) is 11.6. The van der Waals surface area contributed by atoms with Crippen LogP contribution in [0.25, 0.3) is 0 Å². The third-order valence-electron chi connectivity index (χ3n) is 2.88. The van der Waals surface area contributed by atoms with Crippen LogP contribution in [0.3, 0.4) is 0 Å². The summed E-state index contributed by atoms with van der Waals surface area (Å²) >= 11 is 0. The van der Waals surface area contributed by atoms with Crippen molar-refractivity contribution < 1.29 is 17.9 Å². The molecule has 1 heterocycles. The van der Waals surface area contributed by atoms with E-state index in [0.29, 0.717) is 5.69 Å². The SMILES string of the molecule is CC(C)n1cc(NS(=O)(=O)c2ccc(F)c(CO)c2)cn1. The molecule has 0 spiro atoms. The Morgan fingerprint density at radius 2 is 2.14 bits per heavy atom. The lowest BCUT2D eigenvalue weighted by atomic mass is 10.2. The van der Waals surface area contributed by atoms with Crippen molar-refractivity contribution in [2.45, 2.75) is 31.4 Å². The van der Waals surface area contributed by atoms with Gasteiger partial charge in [0.2, 0.25) is 0 Å². The molecule has 1 aromatic heterocycles. The third kappa shape index (κ3) is 3.40. The Morgan fingerprint density at radius 3 is 2.71 bits per heavy atom. The second-order valence-corrected chi connectivity index (χ2v) is 6.50. The van der Waals surface area contributed by atoms with Gasteiger partial charge in [0.05, 0.1) is 23.4 Å². The number of nitrogens with zero attached hydrogens (tertiary/aromatic N) is 2. The number of nitrogens with one attached hydrogen (secondary N) is 1. The molecule has 0 fully saturated rings. The van der Waals surface area contributed by atoms with E-state index in [1.54, 1.807) is 10.9 Å². The van der Waals surface area contributed by atoms with E-state index >= 15 is 0 Å². The van der Waals surface area contributed by atoms with Crippen molar-refractivity contribution in [1.29, 1.82) is 0 Å². The first kappa shape index (κ1) is 15.5. The Hall–Kier alpha value is -1.93. The van der Waals surface area contributed by atoms with Crippen LogP contribution < -0.4 is 4.72 Å². The number of hydrogen-bond acceptors (Lipinski definition) is 4. The molecule has 8 heteroatoms. The highest BCUT2D eigenvalue weighted by atomic mass is 32.2. The molecule has 0 unspecified atom stereocenters. The summed E-state index contributed by atoms with van der Waals surface area (Å²) in [4.78, 5) is -0.120. The molecule has 21 heavy (non-hydrogen) atoms. The van der Waals surface area contributed by atoms with Crippen LogP contribution in [0.15, 0.2) is 35.5 Å². The molecule has 1 aromatic carbocycles. The van der Waals surface area contributed by atoms with Crippen LogP contribution in [0.5, 0.6) is 0 Å². The average molecular weight is 313 g/mol. The lowest BCUT2D eigenvalue weighted by Gasteiger charge is -2.08. The van der Waals surface area contributed by atoms with Gasteiger partial charge in [0.25, 0.3) is 10.0 Å². The summed E-state index contributed by atoms with van der Waals surface area (Å²) in [6, 6.07) is 3.36. The molecule has 0 bridgehead atoms. The molecule has 0 aliphatic carbocycles. The van der Waals surface area contributed by atoms with Gasteiger partial charge in [-0.25, -0.2) is 12.8 Å². The second-order valence-electron chi connectivity index (χ2n) is 4.82. The van der Waals surface area contributed by atoms with E-state index in [1.165, 1.54) is 6.20 Å². The Bertz CT molecular complexity index is 741. The van der Waals surface area contributed by atoms with Gasteiger partial charge in [0.15, 0.2) is 0 Å². The number of rotatable bonds is 5. The maximum atomic E-state index is 13.3. The number of anilines is 1.